The van der Waals surface area contributed by atoms with E-state index < -0.39 is 11.8 Å². The van der Waals surface area contributed by atoms with Gasteiger partial charge in [0.25, 0.3) is 0 Å². The summed E-state index contributed by atoms with van der Waals surface area (Å²) in [5.74, 6) is -1.04. The monoisotopic (exact) mass is 426 g/mol. The molecular formula is C22H26N4O5. The largest absolute Gasteiger partial charge is 0.496 e. The first-order valence-electron chi connectivity index (χ1n) is 9.51. The molecule has 0 atom stereocenters. The molecule has 0 aliphatic heterocycles. The number of methoxy groups -OCH3 is 2. The molecule has 9 heteroatoms. The molecule has 0 saturated carbocycles. The third kappa shape index (κ3) is 7.14. The maximum atomic E-state index is 12.1. The zero-order valence-electron chi connectivity index (χ0n) is 17.9. The second kappa shape index (κ2) is 11.3. The van der Waals surface area contributed by atoms with Crippen LogP contribution in [0, 0.1) is 6.92 Å². The topological polar surface area (TPSA) is 118 Å². The number of carbonyl (C=O) groups is 3. The maximum Gasteiger partial charge on any atom is 0.329 e. The van der Waals surface area contributed by atoms with E-state index >= 15 is 0 Å². The van der Waals surface area contributed by atoms with E-state index in [0.717, 1.165) is 11.1 Å². The van der Waals surface area contributed by atoms with Gasteiger partial charge in [-0.1, -0.05) is 24.3 Å². The fraction of sp³-hybridized carbons (Fsp3) is 0.273. The molecule has 0 aliphatic rings. The average Bonchev–Trinajstić information content (AvgIpc) is 2.76. The van der Waals surface area contributed by atoms with Gasteiger partial charge < -0.3 is 20.1 Å². The van der Waals surface area contributed by atoms with Gasteiger partial charge in [-0.05, 0) is 37.6 Å². The van der Waals surface area contributed by atoms with Crippen LogP contribution in [0.1, 0.15) is 24.5 Å². The number of rotatable bonds is 8. The van der Waals surface area contributed by atoms with Gasteiger partial charge in [0, 0.05) is 17.8 Å². The number of benzene rings is 2. The highest BCUT2D eigenvalue weighted by atomic mass is 16.5. The highest BCUT2D eigenvalue weighted by Gasteiger charge is 2.16. The van der Waals surface area contributed by atoms with E-state index in [1.165, 1.54) is 7.11 Å². The first-order chi connectivity index (χ1) is 14.8. The molecule has 9 nitrogen and oxygen atoms in total. The smallest absolute Gasteiger partial charge is 0.329 e. The van der Waals surface area contributed by atoms with Crippen molar-refractivity contribution in [3.05, 3.63) is 53.6 Å². The molecule has 0 unspecified atom stereocenters. The Bertz CT molecular complexity index is 988. The van der Waals surface area contributed by atoms with Gasteiger partial charge in [-0.2, -0.15) is 5.10 Å². The number of amides is 3. The quantitative estimate of drug-likeness (QED) is 0.340. The van der Waals surface area contributed by atoms with E-state index in [0.29, 0.717) is 29.4 Å². The predicted molar refractivity (Wildman–Crippen MR) is 117 cm³/mol. The molecule has 0 aliphatic carbocycles. The Labute approximate surface area is 180 Å². The predicted octanol–water partition coefficient (Wildman–Crippen LogP) is 2.15. The molecule has 2 aromatic rings. The van der Waals surface area contributed by atoms with Gasteiger partial charge >= 0.3 is 11.8 Å². The highest BCUT2D eigenvalue weighted by Crippen LogP contribution is 2.25. The lowest BCUT2D eigenvalue weighted by Gasteiger charge is -2.10. The third-order valence-corrected chi connectivity index (χ3v) is 4.24. The minimum atomic E-state index is -0.961. The van der Waals surface area contributed by atoms with Crippen LogP contribution in [0.25, 0.3) is 0 Å². The number of nitrogens with one attached hydrogen (secondary N) is 3. The number of carbonyl (C=O) groups excluding carboxylic acids is 3. The standard InChI is InChI=1S/C22H26N4O5/c1-14-9-10-19(31-4)17(11-14)24-21(28)22(29)26-25-15(2)12-20(27)23-13-16-7-5-6-8-18(16)30-3/h5-11H,12-13H2,1-4H3,(H,23,27)(H,24,28)(H,26,29). The Morgan fingerprint density at radius 1 is 0.968 bits per heavy atom. The summed E-state index contributed by atoms with van der Waals surface area (Å²) in [6, 6.07) is 12.5. The Hall–Kier alpha value is -3.88. The van der Waals surface area contributed by atoms with Gasteiger partial charge in [0.1, 0.15) is 11.5 Å². The van der Waals surface area contributed by atoms with Crippen LogP contribution in [0.4, 0.5) is 5.69 Å². The lowest BCUT2D eigenvalue weighted by molar-refractivity contribution is -0.136. The van der Waals surface area contributed by atoms with E-state index in [9.17, 15) is 14.4 Å². The molecule has 0 aromatic heterocycles. The van der Waals surface area contributed by atoms with Crippen LogP contribution >= 0.6 is 0 Å². The van der Waals surface area contributed by atoms with Gasteiger partial charge in [-0.15, -0.1) is 0 Å². The van der Waals surface area contributed by atoms with Crippen molar-refractivity contribution in [2.24, 2.45) is 5.10 Å². The normalized spacial score (nSPS) is 10.8. The first-order valence-corrected chi connectivity index (χ1v) is 9.51. The third-order valence-electron chi connectivity index (χ3n) is 4.24. The van der Waals surface area contributed by atoms with Gasteiger partial charge in [0.2, 0.25) is 5.91 Å². The van der Waals surface area contributed by atoms with E-state index in [-0.39, 0.29) is 12.3 Å². The number of hydrogen-bond donors (Lipinski definition) is 3. The Morgan fingerprint density at radius 2 is 1.68 bits per heavy atom. The van der Waals surface area contributed by atoms with Crippen LogP contribution in [0.3, 0.4) is 0 Å². The molecule has 0 spiro atoms. The Kier molecular flexibility index (Phi) is 8.56. The zero-order valence-corrected chi connectivity index (χ0v) is 17.9. The molecule has 0 radical (unpaired) electrons. The van der Waals surface area contributed by atoms with Crippen LogP contribution in [-0.4, -0.2) is 37.7 Å². The number of aryl methyl sites for hydroxylation is 1. The van der Waals surface area contributed by atoms with Crippen molar-refractivity contribution < 1.29 is 23.9 Å². The van der Waals surface area contributed by atoms with Crippen molar-refractivity contribution in [2.45, 2.75) is 26.8 Å². The second-order valence-electron chi connectivity index (χ2n) is 6.71. The number of para-hydroxylation sites is 1. The molecule has 0 bridgehead atoms. The van der Waals surface area contributed by atoms with Crippen molar-refractivity contribution in [3.63, 3.8) is 0 Å². The highest BCUT2D eigenvalue weighted by molar-refractivity contribution is 6.39. The summed E-state index contributed by atoms with van der Waals surface area (Å²) in [6.45, 7) is 3.72. The molecule has 2 rings (SSSR count). The molecule has 31 heavy (non-hydrogen) atoms. The molecule has 2 aromatic carbocycles. The van der Waals surface area contributed by atoms with E-state index in [2.05, 4.69) is 21.2 Å². The summed E-state index contributed by atoms with van der Waals surface area (Å²) in [5.41, 5.74) is 4.59. The molecule has 0 heterocycles. The molecule has 0 fully saturated rings. The number of nitrogens with zero attached hydrogens (tertiary/aromatic N) is 1. The van der Waals surface area contributed by atoms with Gasteiger partial charge in [0.15, 0.2) is 0 Å². The molecule has 164 valence electrons. The zero-order chi connectivity index (χ0) is 22.8. The van der Waals surface area contributed by atoms with E-state index in [4.69, 9.17) is 9.47 Å². The van der Waals surface area contributed by atoms with E-state index in [1.54, 1.807) is 32.2 Å². The van der Waals surface area contributed by atoms with Gasteiger partial charge in [-0.25, -0.2) is 5.43 Å². The van der Waals surface area contributed by atoms with Crippen molar-refractivity contribution >= 4 is 29.1 Å². The number of hydrogen-bond acceptors (Lipinski definition) is 6. The van der Waals surface area contributed by atoms with Crippen LogP contribution < -0.4 is 25.5 Å². The van der Waals surface area contributed by atoms with Crippen molar-refractivity contribution in [1.29, 1.82) is 0 Å². The lowest BCUT2D eigenvalue weighted by Crippen LogP contribution is -2.33. The maximum absolute atomic E-state index is 12.1. The fourth-order valence-corrected chi connectivity index (χ4v) is 2.67. The van der Waals surface area contributed by atoms with Crippen molar-refractivity contribution in [3.8, 4) is 11.5 Å². The van der Waals surface area contributed by atoms with Crippen LogP contribution in [-0.2, 0) is 20.9 Å². The van der Waals surface area contributed by atoms with Crippen LogP contribution in [0.5, 0.6) is 11.5 Å². The summed E-state index contributed by atoms with van der Waals surface area (Å²) in [4.78, 5) is 36.2. The Morgan fingerprint density at radius 3 is 2.39 bits per heavy atom. The minimum absolute atomic E-state index is 0.0389. The lowest BCUT2D eigenvalue weighted by atomic mass is 10.2. The molecule has 0 saturated heterocycles. The molecular weight excluding hydrogens is 400 g/mol. The Balaban J connectivity index is 1.85. The summed E-state index contributed by atoms with van der Waals surface area (Å²) in [5, 5.41) is 9.05. The summed E-state index contributed by atoms with van der Waals surface area (Å²) in [7, 11) is 3.03. The van der Waals surface area contributed by atoms with Crippen molar-refractivity contribution in [1.82, 2.24) is 10.7 Å². The minimum Gasteiger partial charge on any atom is -0.496 e. The SMILES string of the molecule is COc1ccccc1CNC(=O)CC(C)=NNC(=O)C(=O)Nc1cc(C)ccc1OC. The van der Waals surface area contributed by atoms with Gasteiger partial charge in [0.05, 0.1) is 26.3 Å². The molecule has 3 N–H and O–H groups in total. The summed E-state index contributed by atoms with van der Waals surface area (Å²) >= 11 is 0. The summed E-state index contributed by atoms with van der Waals surface area (Å²) < 4.78 is 10.4. The number of anilines is 1. The first kappa shape index (κ1) is 23.4. The summed E-state index contributed by atoms with van der Waals surface area (Å²) in [6.07, 6.45) is -0.0389. The van der Waals surface area contributed by atoms with Crippen molar-refractivity contribution in [2.75, 3.05) is 19.5 Å². The van der Waals surface area contributed by atoms with Crippen LogP contribution in [0.15, 0.2) is 47.6 Å². The van der Waals surface area contributed by atoms with Crippen LogP contribution in [0.2, 0.25) is 0 Å². The average molecular weight is 426 g/mol. The van der Waals surface area contributed by atoms with E-state index in [1.807, 2.05) is 31.2 Å². The second-order valence-corrected chi connectivity index (χ2v) is 6.71. The number of hydrazone groups is 1. The molecule has 3 amide bonds. The fourth-order valence-electron chi connectivity index (χ4n) is 2.67. The number of ether oxygens (including phenoxy) is 2. The van der Waals surface area contributed by atoms with Gasteiger partial charge in [-0.3, -0.25) is 14.4 Å².